The molecule has 0 spiro atoms. The minimum absolute atomic E-state index is 0.165. The lowest BCUT2D eigenvalue weighted by Crippen LogP contribution is -2.58. The number of primary amides is 1. The number of aryl methyl sites for hydroxylation is 1. The molecule has 0 aromatic carbocycles. The molecule has 0 fully saturated rings. The second kappa shape index (κ2) is 9.79. The van der Waals surface area contributed by atoms with E-state index in [9.17, 15) is 24.3 Å². The molecule has 0 radical (unpaired) electrons. The Kier molecular flexibility index (Phi) is 7.88. The quantitative estimate of drug-likeness (QED) is 0.588. The van der Waals surface area contributed by atoms with Gasteiger partial charge in [0.05, 0.1) is 30.6 Å². The number of hydrazine groups is 1. The van der Waals surface area contributed by atoms with Gasteiger partial charge in [-0.1, -0.05) is 20.8 Å². The second-order valence-electron chi connectivity index (χ2n) is 10.4. The number of amides is 3. The zero-order valence-electron chi connectivity index (χ0n) is 21.1. The third-order valence-corrected chi connectivity index (χ3v) is 6.45. The van der Waals surface area contributed by atoms with Gasteiger partial charge in [0.2, 0.25) is 0 Å². The SMILES string of the molecule is COCCn1c(=O)n(CC(C)(C)C)c(=O)c2c(C)c(CN(C(N)=O)N(C(=O)O)C(C)(C)C)sc21. The fraction of sp³-hybridized carbons (Fsp3) is 0.636. The van der Waals surface area contributed by atoms with Gasteiger partial charge >= 0.3 is 17.8 Å². The Bertz CT molecular complexity index is 1200. The summed E-state index contributed by atoms with van der Waals surface area (Å²) in [6.07, 6.45) is -1.34. The van der Waals surface area contributed by atoms with Gasteiger partial charge in [-0.05, 0) is 38.7 Å². The molecule has 0 aliphatic heterocycles. The summed E-state index contributed by atoms with van der Waals surface area (Å²) in [5, 5.41) is 11.9. The molecular formula is C22H35N5O6S. The summed E-state index contributed by atoms with van der Waals surface area (Å²) >= 11 is 1.17. The molecule has 0 unspecified atom stereocenters. The van der Waals surface area contributed by atoms with Crippen molar-refractivity contribution in [1.29, 1.82) is 0 Å². The first-order chi connectivity index (χ1) is 15.5. The van der Waals surface area contributed by atoms with Crippen LogP contribution in [0.25, 0.3) is 10.2 Å². The number of carbonyl (C=O) groups is 2. The molecule has 190 valence electrons. The number of hydrogen-bond donors (Lipinski definition) is 2. The molecule has 0 saturated carbocycles. The van der Waals surface area contributed by atoms with Crippen molar-refractivity contribution in [2.45, 2.75) is 73.6 Å². The average molecular weight is 498 g/mol. The van der Waals surface area contributed by atoms with Crippen LogP contribution in [0.4, 0.5) is 9.59 Å². The number of hydrogen-bond acceptors (Lipinski definition) is 6. The van der Waals surface area contributed by atoms with Gasteiger partial charge in [0.15, 0.2) is 0 Å². The smallest absolute Gasteiger partial charge is 0.426 e. The van der Waals surface area contributed by atoms with E-state index in [2.05, 4.69) is 0 Å². The minimum atomic E-state index is -1.34. The largest absolute Gasteiger partial charge is 0.464 e. The van der Waals surface area contributed by atoms with Gasteiger partial charge in [0.1, 0.15) is 4.83 Å². The average Bonchev–Trinajstić information content (AvgIpc) is 2.98. The van der Waals surface area contributed by atoms with Crippen LogP contribution >= 0.6 is 11.3 Å². The molecule has 0 atom stereocenters. The maximum absolute atomic E-state index is 13.4. The maximum Gasteiger partial charge on any atom is 0.426 e. The van der Waals surface area contributed by atoms with Crippen LogP contribution in [0.5, 0.6) is 0 Å². The van der Waals surface area contributed by atoms with E-state index in [1.165, 1.54) is 27.6 Å². The van der Waals surface area contributed by atoms with Crippen molar-refractivity contribution >= 4 is 33.7 Å². The van der Waals surface area contributed by atoms with Crippen LogP contribution in [0, 0.1) is 12.3 Å². The molecular weight excluding hydrogens is 462 g/mol. The van der Waals surface area contributed by atoms with Gasteiger partial charge in [-0.3, -0.25) is 13.9 Å². The van der Waals surface area contributed by atoms with Crippen LogP contribution in [-0.2, 0) is 24.4 Å². The van der Waals surface area contributed by atoms with Crippen molar-refractivity contribution in [2.75, 3.05) is 13.7 Å². The molecule has 34 heavy (non-hydrogen) atoms. The van der Waals surface area contributed by atoms with Crippen LogP contribution in [0.3, 0.4) is 0 Å². The third-order valence-electron chi connectivity index (χ3n) is 5.15. The van der Waals surface area contributed by atoms with Crippen LogP contribution in [0.2, 0.25) is 0 Å². The maximum atomic E-state index is 13.4. The van der Waals surface area contributed by atoms with E-state index in [0.29, 0.717) is 20.7 Å². The van der Waals surface area contributed by atoms with Crippen molar-refractivity contribution in [2.24, 2.45) is 11.1 Å². The first-order valence-corrected chi connectivity index (χ1v) is 11.7. The van der Waals surface area contributed by atoms with Gasteiger partial charge in [-0.15, -0.1) is 11.3 Å². The van der Waals surface area contributed by atoms with E-state index < -0.39 is 28.9 Å². The molecule has 0 bridgehead atoms. The van der Waals surface area contributed by atoms with Gasteiger partial charge in [0, 0.05) is 18.5 Å². The lowest BCUT2D eigenvalue weighted by molar-refractivity contribution is -0.0374. The lowest BCUT2D eigenvalue weighted by atomic mass is 9.97. The molecule has 0 saturated heterocycles. The van der Waals surface area contributed by atoms with Gasteiger partial charge in [-0.2, -0.15) is 0 Å². The van der Waals surface area contributed by atoms with Crippen LogP contribution < -0.4 is 17.0 Å². The number of urea groups is 1. The number of fused-ring (bicyclic) bond motifs is 1. The van der Waals surface area contributed by atoms with E-state index >= 15 is 0 Å². The summed E-state index contributed by atoms with van der Waals surface area (Å²) in [5.41, 5.74) is 4.00. The summed E-state index contributed by atoms with van der Waals surface area (Å²) in [4.78, 5) is 51.9. The zero-order chi connectivity index (χ0) is 26.2. The first kappa shape index (κ1) is 27.4. The van der Waals surface area contributed by atoms with Crippen molar-refractivity contribution in [3.05, 3.63) is 31.3 Å². The van der Waals surface area contributed by atoms with E-state index in [1.54, 1.807) is 27.7 Å². The molecule has 0 aliphatic rings. The zero-order valence-corrected chi connectivity index (χ0v) is 21.9. The molecule has 12 heteroatoms. The molecule has 11 nitrogen and oxygen atoms in total. The Labute approximate surface area is 202 Å². The molecule has 2 rings (SSSR count). The fourth-order valence-electron chi connectivity index (χ4n) is 3.72. The van der Waals surface area contributed by atoms with E-state index in [1.807, 2.05) is 20.8 Å². The highest BCUT2D eigenvalue weighted by molar-refractivity contribution is 7.18. The second-order valence-corrected chi connectivity index (χ2v) is 11.5. The normalized spacial score (nSPS) is 12.2. The molecule has 2 aromatic rings. The molecule has 3 N–H and O–H groups in total. The van der Waals surface area contributed by atoms with Gasteiger partial charge < -0.3 is 15.6 Å². The van der Waals surface area contributed by atoms with E-state index in [4.69, 9.17) is 10.5 Å². The number of nitrogens with zero attached hydrogens (tertiary/aromatic N) is 4. The van der Waals surface area contributed by atoms with Crippen LogP contribution in [-0.4, -0.2) is 55.6 Å². The fourth-order valence-corrected chi connectivity index (χ4v) is 5.02. The number of ether oxygens (including phenoxy) is 1. The number of carboxylic acid groups (broad SMARTS) is 1. The lowest BCUT2D eigenvalue weighted by Gasteiger charge is -2.40. The monoisotopic (exact) mass is 497 g/mol. The van der Waals surface area contributed by atoms with E-state index in [-0.39, 0.29) is 31.7 Å². The van der Waals surface area contributed by atoms with E-state index in [0.717, 1.165) is 10.0 Å². The summed E-state index contributed by atoms with van der Waals surface area (Å²) < 4.78 is 7.89. The number of rotatable bonds is 6. The number of nitrogens with two attached hydrogens (primary N) is 1. The molecule has 3 amide bonds. The Balaban J connectivity index is 2.79. The van der Waals surface area contributed by atoms with Gasteiger partial charge in [0.25, 0.3) is 5.56 Å². The summed E-state index contributed by atoms with van der Waals surface area (Å²) in [5.74, 6) is 0. The van der Waals surface area contributed by atoms with Crippen molar-refractivity contribution in [1.82, 2.24) is 19.2 Å². The van der Waals surface area contributed by atoms with Crippen LogP contribution in [0.15, 0.2) is 9.59 Å². The number of carbonyl (C=O) groups excluding carboxylic acids is 1. The highest BCUT2D eigenvalue weighted by Crippen LogP contribution is 2.31. The van der Waals surface area contributed by atoms with Crippen molar-refractivity contribution in [3.63, 3.8) is 0 Å². The highest BCUT2D eigenvalue weighted by Gasteiger charge is 2.35. The molecule has 0 aliphatic carbocycles. The number of methoxy groups -OCH3 is 1. The molecule has 2 heterocycles. The Morgan fingerprint density at radius 3 is 2.15 bits per heavy atom. The number of thiophene rings is 1. The Morgan fingerprint density at radius 2 is 1.71 bits per heavy atom. The third kappa shape index (κ3) is 5.61. The Hall–Kier alpha value is -2.86. The predicted octanol–water partition coefficient (Wildman–Crippen LogP) is 2.80. The first-order valence-electron chi connectivity index (χ1n) is 10.9. The summed E-state index contributed by atoms with van der Waals surface area (Å²) in [6, 6.07) is -0.948. The standard InChI is InChI=1S/C22H35N5O6S/c1-13-14(11-26(18(23)29)27(20(31)32)22(5,6)7)34-17-15(13)16(28)25(12-21(2,3)4)19(30)24(17)9-10-33-8/h9-12H2,1-8H3,(H2,23,29)(H,31,32). The number of aromatic nitrogens is 2. The van der Waals surface area contributed by atoms with Crippen molar-refractivity contribution < 1.29 is 19.4 Å². The topological polar surface area (TPSA) is 140 Å². The minimum Gasteiger partial charge on any atom is -0.464 e. The predicted molar refractivity (Wildman–Crippen MR) is 131 cm³/mol. The summed E-state index contributed by atoms with van der Waals surface area (Å²) in [7, 11) is 1.52. The van der Waals surface area contributed by atoms with Gasteiger partial charge in [-0.25, -0.2) is 24.4 Å². The van der Waals surface area contributed by atoms with Crippen LogP contribution in [0.1, 0.15) is 52.0 Å². The molecule has 2 aromatic heterocycles. The summed E-state index contributed by atoms with van der Waals surface area (Å²) in [6.45, 7) is 13.0. The highest BCUT2D eigenvalue weighted by atomic mass is 32.1. The Morgan fingerprint density at radius 1 is 1.12 bits per heavy atom. The van der Waals surface area contributed by atoms with Crippen molar-refractivity contribution in [3.8, 4) is 0 Å².